The summed E-state index contributed by atoms with van der Waals surface area (Å²) in [6.45, 7) is -0.348. The number of rotatable bonds is 7. The van der Waals surface area contributed by atoms with Crippen LogP contribution in [0.25, 0.3) is 22.2 Å². The van der Waals surface area contributed by atoms with Gasteiger partial charge in [0.2, 0.25) is 5.78 Å². The molecule has 0 fully saturated rings. The lowest BCUT2D eigenvalue weighted by Crippen LogP contribution is -2.17. The molecule has 0 aliphatic heterocycles. The largest absolute Gasteiger partial charge is 0.493 e. The number of fused-ring (bicyclic) bond motifs is 1. The Labute approximate surface area is 185 Å². The van der Waals surface area contributed by atoms with Crippen LogP contribution in [-0.2, 0) is 11.8 Å². The maximum absolute atomic E-state index is 13.0. The summed E-state index contributed by atoms with van der Waals surface area (Å²) in [6.07, 6.45) is 1.76. The zero-order valence-corrected chi connectivity index (χ0v) is 18.0. The van der Waals surface area contributed by atoms with Gasteiger partial charge in [-0.3, -0.25) is 4.79 Å². The van der Waals surface area contributed by atoms with Crippen LogP contribution in [0.15, 0.2) is 66.9 Å². The van der Waals surface area contributed by atoms with Gasteiger partial charge in [-0.2, -0.15) is 0 Å². The molecule has 0 unspecified atom stereocenters. The summed E-state index contributed by atoms with van der Waals surface area (Å²) >= 11 is 0. The number of nitrogens with zero attached hydrogens (tertiary/aromatic N) is 2. The van der Waals surface area contributed by atoms with Crippen LogP contribution in [0.4, 0.5) is 0 Å². The molecule has 162 valence electrons. The number of Topliss-reactive ketones (excluding diaryl/α,β-unsaturated/α-hetero) is 1. The second kappa shape index (κ2) is 8.93. The Bertz CT molecular complexity index is 1310. The lowest BCUT2D eigenvalue weighted by molar-refractivity contribution is 0.0474. The van der Waals surface area contributed by atoms with E-state index < -0.39 is 5.97 Å². The van der Waals surface area contributed by atoms with Gasteiger partial charge in [-0.05, 0) is 42.5 Å². The number of pyridine rings is 1. The highest BCUT2D eigenvalue weighted by molar-refractivity contribution is 6.06. The Morgan fingerprint density at radius 2 is 1.72 bits per heavy atom. The van der Waals surface area contributed by atoms with Gasteiger partial charge in [-0.15, -0.1) is 0 Å². The van der Waals surface area contributed by atoms with Crippen molar-refractivity contribution in [3.05, 3.63) is 78.1 Å². The van der Waals surface area contributed by atoms with E-state index in [0.717, 1.165) is 5.56 Å². The lowest BCUT2D eigenvalue weighted by Gasteiger charge is -2.12. The van der Waals surface area contributed by atoms with E-state index in [1.165, 1.54) is 0 Å². The summed E-state index contributed by atoms with van der Waals surface area (Å²) < 4.78 is 17.8. The maximum atomic E-state index is 13.0. The number of methoxy groups -OCH3 is 2. The second-order valence-electron chi connectivity index (χ2n) is 7.15. The van der Waals surface area contributed by atoms with Crippen LogP contribution in [0, 0.1) is 0 Å². The molecular weight excluding hydrogens is 408 g/mol. The monoisotopic (exact) mass is 430 g/mol. The van der Waals surface area contributed by atoms with Gasteiger partial charge in [-0.1, -0.05) is 18.2 Å². The summed E-state index contributed by atoms with van der Waals surface area (Å²) in [5.41, 5.74) is 2.77. The van der Waals surface area contributed by atoms with Crippen molar-refractivity contribution in [2.75, 3.05) is 20.8 Å². The Balaban J connectivity index is 1.69. The smallest absolute Gasteiger partial charge is 0.339 e. The minimum absolute atomic E-state index is 0.274. The van der Waals surface area contributed by atoms with Crippen molar-refractivity contribution in [3.8, 4) is 22.8 Å². The summed E-state index contributed by atoms with van der Waals surface area (Å²) in [7, 11) is 4.89. The SMILES string of the molecule is COc1ccc(-c2cc(C(=O)OCC(=O)c3cccn3C)c3ccccc3n2)cc1OC. The van der Waals surface area contributed by atoms with Gasteiger partial charge >= 0.3 is 5.97 Å². The molecule has 0 spiro atoms. The molecule has 4 aromatic rings. The fourth-order valence-electron chi connectivity index (χ4n) is 3.52. The van der Waals surface area contributed by atoms with Crippen molar-refractivity contribution in [3.63, 3.8) is 0 Å². The number of hydrogen-bond donors (Lipinski definition) is 0. The molecule has 32 heavy (non-hydrogen) atoms. The van der Waals surface area contributed by atoms with E-state index in [1.807, 2.05) is 24.3 Å². The van der Waals surface area contributed by atoms with Crippen molar-refractivity contribution in [2.45, 2.75) is 0 Å². The molecule has 7 nitrogen and oxygen atoms in total. The molecule has 0 bridgehead atoms. The van der Waals surface area contributed by atoms with E-state index >= 15 is 0 Å². The van der Waals surface area contributed by atoms with Crippen LogP contribution in [0.5, 0.6) is 11.5 Å². The van der Waals surface area contributed by atoms with Gasteiger partial charge < -0.3 is 18.8 Å². The number of esters is 1. The zero-order chi connectivity index (χ0) is 22.7. The molecule has 0 N–H and O–H groups in total. The van der Waals surface area contributed by atoms with E-state index in [-0.39, 0.29) is 12.4 Å². The second-order valence-corrected chi connectivity index (χ2v) is 7.15. The Kier molecular flexibility index (Phi) is 5.89. The number of aryl methyl sites for hydroxylation is 1. The molecule has 7 heteroatoms. The summed E-state index contributed by atoms with van der Waals surface area (Å²) in [4.78, 5) is 30.1. The fourth-order valence-corrected chi connectivity index (χ4v) is 3.52. The van der Waals surface area contributed by atoms with E-state index in [0.29, 0.717) is 39.4 Å². The molecule has 0 aliphatic carbocycles. The first-order valence-corrected chi connectivity index (χ1v) is 9.95. The van der Waals surface area contributed by atoms with Crippen LogP contribution in [0.2, 0.25) is 0 Å². The highest BCUT2D eigenvalue weighted by Gasteiger charge is 2.18. The highest BCUT2D eigenvalue weighted by Crippen LogP contribution is 2.33. The molecule has 2 aromatic heterocycles. The third-order valence-electron chi connectivity index (χ3n) is 5.18. The molecule has 0 amide bonds. The van der Waals surface area contributed by atoms with Gasteiger partial charge in [-0.25, -0.2) is 9.78 Å². The number of benzene rings is 2. The normalized spacial score (nSPS) is 10.7. The molecule has 0 saturated heterocycles. The van der Waals surface area contributed by atoms with E-state index in [1.54, 1.807) is 68.4 Å². The van der Waals surface area contributed by atoms with Crippen LogP contribution >= 0.6 is 0 Å². The minimum Gasteiger partial charge on any atom is -0.493 e. The molecule has 0 radical (unpaired) electrons. The number of ketones is 1. The van der Waals surface area contributed by atoms with Crippen molar-refractivity contribution in [2.24, 2.45) is 7.05 Å². The van der Waals surface area contributed by atoms with E-state index in [9.17, 15) is 9.59 Å². The van der Waals surface area contributed by atoms with E-state index in [2.05, 4.69) is 0 Å². The van der Waals surface area contributed by atoms with Gasteiger partial charge in [0.05, 0.1) is 36.7 Å². The average molecular weight is 430 g/mol. The molecular formula is C25H22N2O5. The average Bonchev–Trinajstić information content (AvgIpc) is 3.26. The summed E-state index contributed by atoms with van der Waals surface area (Å²) in [6, 6.07) is 17.8. The standard InChI is InChI=1S/C25H22N2O5/c1-27-12-6-9-21(27)22(28)15-32-25(29)18-14-20(26-19-8-5-4-7-17(18)19)16-10-11-23(30-2)24(13-16)31-3/h4-14H,15H2,1-3H3. The first-order chi connectivity index (χ1) is 15.5. The molecule has 0 atom stereocenters. The van der Waals surface area contributed by atoms with Crippen LogP contribution < -0.4 is 9.47 Å². The first-order valence-electron chi connectivity index (χ1n) is 9.95. The van der Waals surface area contributed by atoms with Gasteiger partial charge in [0.25, 0.3) is 0 Å². The van der Waals surface area contributed by atoms with Gasteiger partial charge in [0.15, 0.2) is 18.1 Å². The maximum Gasteiger partial charge on any atom is 0.339 e. The lowest BCUT2D eigenvalue weighted by atomic mass is 10.0. The summed E-state index contributed by atoms with van der Waals surface area (Å²) in [5, 5.41) is 0.646. The van der Waals surface area contributed by atoms with Crippen molar-refractivity contribution >= 4 is 22.7 Å². The topological polar surface area (TPSA) is 79.7 Å². The first kappa shape index (κ1) is 21.1. The Morgan fingerprint density at radius 1 is 0.938 bits per heavy atom. The predicted octanol–water partition coefficient (Wildman–Crippen LogP) is 4.30. The summed E-state index contributed by atoms with van der Waals surface area (Å²) in [5.74, 6) is 0.283. The number of aromatic nitrogens is 2. The number of carbonyl (C=O) groups is 2. The number of para-hydroxylation sites is 1. The van der Waals surface area contributed by atoms with Gasteiger partial charge in [0, 0.05) is 24.2 Å². The van der Waals surface area contributed by atoms with Crippen LogP contribution in [0.3, 0.4) is 0 Å². The minimum atomic E-state index is -0.590. The van der Waals surface area contributed by atoms with Crippen LogP contribution in [-0.4, -0.2) is 42.1 Å². The number of ether oxygens (including phenoxy) is 3. The Morgan fingerprint density at radius 3 is 2.44 bits per heavy atom. The quantitative estimate of drug-likeness (QED) is 0.321. The number of carbonyl (C=O) groups excluding carboxylic acids is 2. The molecule has 0 saturated carbocycles. The molecule has 2 aromatic carbocycles. The number of hydrogen-bond acceptors (Lipinski definition) is 6. The highest BCUT2D eigenvalue weighted by atomic mass is 16.5. The van der Waals surface area contributed by atoms with Crippen molar-refractivity contribution < 1.29 is 23.8 Å². The third-order valence-corrected chi connectivity index (χ3v) is 5.18. The predicted molar refractivity (Wildman–Crippen MR) is 120 cm³/mol. The van der Waals surface area contributed by atoms with Gasteiger partial charge in [0.1, 0.15) is 0 Å². The van der Waals surface area contributed by atoms with Crippen LogP contribution in [0.1, 0.15) is 20.8 Å². The van der Waals surface area contributed by atoms with Crippen molar-refractivity contribution in [1.82, 2.24) is 9.55 Å². The third kappa shape index (κ3) is 4.05. The molecule has 4 rings (SSSR count). The van der Waals surface area contributed by atoms with Crippen molar-refractivity contribution in [1.29, 1.82) is 0 Å². The van der Waals surface area contributed by atoms with E-state index in [4.69, 9.17) is 19.2 Å². The molecule has 0 aliphatic rings. The fraction of sp³-hybridized carbons (Fsp3) is 0.160. The Hall–Kier alpha value is -4.13. The molecule has 2 heterocycles. The zero-order valence-electron chi connectivity index (χ0n) is 18.0.